The molecule has 2 heterocycles. The molecule has 0 aliphatic carbocycles. The zero-order valence-electron chi connectivity index (χ0n) is 13.0. The molecule has 3 rings (SSSR count). The molecule has 132 valence electrons. The Labute approximate surface area is 150 Å². The second-order valence-corrected chi connectivity index (χ2v) is 6.16. The monoisotopic (exact) mass is 375 g/mol. The molecular formula is C17H11F2N3O3S. The highest BCUT2D eigenvalue weighted by Crippen LogP contribution is 2.23. The van der Waals surface area contributed by atoms with Gasteiger partial charge in [-0.1, -0.05) is 0 Å². The summed E-state index contributed by atoms with van der Waals surface area (Å²) in [5.74, 6) is -2.51. The van der Waals surface area contributed by atoms with E-state index in [9.17, 15) is 18.4 Å². The van der Waals surface area contributed by atoms with Crippen LogP contribution in [-0.4, -0.2) is 16.8 Å². The first-order valence-electron chi connectivity index (χ1n) is 7.22. The van der Waals surface area contributed by atoms with E-state index in [0.29, 0.717) is 10.6 Å². The van der Waals surface area contributed by atoms with Crippen LogP contribution in [0.25, 0.3) is 0 Å². The minimum atomic E-state index is -0.768. The number of thiophene rings is 1. The summed E-state index contributed by atoms with van der Waals surface area (Å²) in [4.78, 5) is 27.7. The lowest BCUT2D eigenvalue weighted by Crippen LogP contribution is -2.10. The van der Waals surface area contributed by atoms with Gasteiger partial charge in [-0.25, -0.2) is 13.8 Å². The van der Waals surface area contributed by atoms with Gasteiger partial charge in [0.05, 0.1) is 21.6 Å². The van der Waals surface area contributed by atoms with Gasteiger partial charge in [-0.05, 0) is 18.2 Å². The van der Waals surface area contributed by atoms with Crippen LogP contribution < -0.4 is 15.8 Å². The van der Waals surface area contributed by atoms with Gasteiger partial charge < -0.3 is 15.8 Å². The summed E-state index contributed by atoms with van der Waals surface area (Å²) in [7, 11) is 0. The largest absolute Gasteiger partial charge is 0.439 e. The summed E-state index contributed by atoms with van der Waals surface area (Å²) in [6.45, 7) is 0. The van der Waals surface area contributed by atoms with E-state index in [-0.39, 0.29) is 16.5 Å². The number of benzene rings is 1. The van der Waals surface area contributed by atoms with E-state index >= 15 is 0 Å². The molecule has 26 heavy (non-hydrogen) atoms. The number of nitrogens with one attached hydrogen (secondary N) is 1. The lowest BCUT2D eigenvalue weighted by molar-refractivity contribution is 0.100. The molecule has 0 fully saturated rings. The molecule has 0 atom stereocenters. The number of carbonyl (C=O) groups is 2. The molecule has 0 aliphatic heterocycles. The van der Waals surface area contributed by atoms with E-state index in [1.54, 1.807) is 0 Å². The van der Waals surface area contributed by atoms with Gasteiger partial charge in [-0.15, -0.1) is 11.3 Å². The molecule has 2 amide bonds. The molecule has 0 aliphatic rings. The zero-order valence-corrected chi connectivity index (χ0v) is 13.8. The fourth-order valence-corrected chi connectivity index (χ4v) is 2.76. The SMILES string of the molecule is NC(=O)c1ccc(C(=O)Nc2ccc(Oc3cc(F)cc(F)c3)nc2)s1. The van der Waals surface area contributed by atoms with Gasteiger partial charge in [0.25, 0.3) is 11.8 Å². The number of hydrogen-bond acceptors (Lipinski definition) is 5. The van der Waals surface area contributed by atoms with Crippen LogP contribution in [0.4, 0.5) is 14.5 Å². The van der Waals surface area contributed by atoms with Crippen LogP contribution in [0.3, 0.4) is 0 Å². The van der Waals surface area contributed by atoms with Crippen molar-refractivity contribution in [3.63, 3.8) is 0 Å². The number of aromatic nitrogens is 1. The van der Waals surface area contributed by atoms with Gasteiger partial charge in [0.15, 0.2) is 0 Å². The maximum atomic E-state index is 13.1. The van der Waals surface area contributed by atoms with E-state index in [1.165, 1.54) is 30.5 Å². The third-order valence-corrected chi connectivity index (χ3v) is 4.22. The number of pyridine rings is 1. The van der Waals surface area contributed by atoms with Crippen molar-refractivity contribution in [3.8, 4) is 11.6 Å². The Kier molecular flexibility index (Phi) is 4.90. The number of halogens is 2. The van der Waals surface area contributed by atoms with E-state index in [1.807, 2.05) is 0 Å². The summed E-state index contributed by atoms with van der Waals surface area (Å²) >= 11 is 0.973. The second-order valence-electron chi connectivity index (χ2n) is 5.07. The van der Waals surface area contributed by atoms with Crippen molar-refractivity contribution in [3.05, 3.63) is 70.1 Å². The minimum Gasteiger partial charge on any atom is -0.439 e. The predicted molar refractivity (Wildman–Crippen MR) is 91.5 cm³/mol. The molecule has 0 spiro atoms. The smallest absolute Gasteiger partial charge is 0.265 e. The molecule has 1 aromatic carbocycles. The summed E-state index contributed by atoms with van der Waals surface area (Å²) in [5, 5.41) is 2.60. The van der Waals surface area contributed by atoms with E-state index < -0.39 is 23.4 Å². The predicted octanol–water partition coefficient (Wildman–Crippen LogP) is 3.56. The number of hydrogen-bond donors (Lipinski definition) is 2. The van der Waals surface area contributed by atoms with Crippen LogP contribution in [0.5, 0.6) is 11.6 Å². The van der Waals surface area contributed by atoms with Crippen LogP contribution in [0.2, 0.25) is 0 Å². The van der Waals surface area contributed by atoms with Crippen LogP contribution in [0, 0.1) is 11.6 Å². The number of nitrogens with zero attached hydrogens (tertiary/aromatic N) is 1. The molecule has 9 heteroatoms. The molecule has 0 saturated heterocycles. The number of anilines is 1. The van der Waals surface area contributed by atoms with Crippen molar-refractivity contribution in [2.45, 2.75) is 0 Å². The van der Waals surface area contributed by atoms with Crippen LogP contribution in [-0.2, 0) is 0 Å². The average Bonchev–Trinajstić information content (AvgIpc) is 3.06. The fourth-order valence-electron chi connectivity index (χ4n) is 2.01. The first kappa shape index (κ1) is 17.5. The van der Waals surface area contributed by atoms with Crippen LogP contribution >= 0.6 is 11.3 Å². The average molecular weight is 375 g/mol. The van der Waals surface area contributed by atoms with Crippen molar-refractivity contribution < 1.29 is 23.1 Å². The highest BCUT2D eigenvalue weighted by Gasteiger charge is 2.12. The topological polar surface area (TPSA) is 94.3 Å². The molecule has 0 saturated carbocycles. The van der Waals surface area contributed by atoms with E-state index in [0.717, 1.165) is 29.5 Å². The van der Waals surface area contributed by atoms with Gasteiger partial charge in [-0.3, -0.25) is 9.59 Å². The third kappa shape index (κ3) is 4.19. The lowest BCUT2D eigenvalue weighted by atomic mass is 10.3. The Morgan fingerprint density at radius 1 is 1.04 bits per heavy atom. The standard InChI is InChI=1S/C17H11F2N3O3S/c18-9-5-10(19)7-12(6-9)25-15-4-1-11(8-21-15)22-17(24)14-3-2-13(26-14)16(20)23/h1-8H,(H2,20,23)(H,22,24). The highest BCUT2D eigenvalue weighted by atomic mass is 32.1. The van der Waals surface area contributed by atoms with E-state index in [4.69, 9.17) is 10.5 Å². The van der Waals surface area contributed by atoms with Crippen LogP contribution in [0.1, 0.15) is 19.3 Å². The Balaban J connectivity index is 1.67. The Bertz CT molecular complexity index is 953. The molecule has 0 unspecified atom stereocenters. The van der Waals surface area contributed by atoms with E-state index in [2.05, 4.69) is 10.3 Å². The van der Waals surface area contributed by atoms with Crippen molar-refractivity contribution in [1.29, 1.82) is 0 Å². The van der Waals surface area contributed by atoms with Crippen molar-refractivity contribution >= 4 is 28.8 Å². The Hall–Kier alpha value is -3.33. The maximum Gasteiger partial charge on any atom is 0.265 e. The minimum absolute atomic E-state index is 0.0376. The fraction of sp³-hybridized carbons (Fsp3) is 0. The van der Waals surface area contributed by atoms with Gasteiger partial charge >= 0.3 is 0 Å². The first-order valence-corrected chi connectivity index (χ1v) is 8.03. The molecule has 0 radical (unpaired) electrons. The number of ether oxygens (including phenoxy) is 1. The number of primary amides is 1. The van der Waals surface area contributed by atoms with Gasteiger partial charge in [-0.2, -0.15) is 0 Å². The summed E-state index contributed by atoms with van der Waals surface area (Å²) in [6.07, 6.45) is 1.32. The summed E-state index contributed by atoms with van der Waals surface area (Å²) < 4.78 is 31.5. The molecule has 3 aromatic rings. The maximum absolute atomic E-state index is 13.1. The van der Waals surface area contributed by atoms with Crippen molar-refractivity contribution in [1.82, 2.24) is 4.98 Å². The Morgan fingerprint density at radius 3 is 2.31 bits per heavy atom. The second kappa shape index (κ2) is 7.28. The normalized spacial score (nSPS) is 10.4. The van der Waals surface area contributed by atoms with Gasteiger partial charge in [0, 0.05) is 24.3 Å². The molecule has 2 aromatic heterocycles. The van der Waals surface area contributed by atoms with Crippen molar-refractivity contribution in [2.75, 3.05) is 5.32 Å². The number of nitrogens with two attached hydrogens (primary N) is 1. The van der Waals surface area contributed by atoms with Crippen LogP contribution in [0.15, 0.2) is 48.7 Å². The highest BCUT2D eigenvalue weighted by molar-refractivity contribution is 7.16. The Morgan fingerprint density at radius 2 is 1.73 bits per heavy atom. The molecule has 6 nitrogen and oxygen atoms in total. The number of carbonyl (C=O) groups excluding carboxylic acids is 2. The van der Waals surface area contributed by atoms with Crippen molar-refractivity contribution in [2.24, 2.45) is 5.73 Å². The number of rotatable bonds is 5. The molecular weight excluding hydrogens is 364 g/mol. The molecule has 0 bridgehead atoms. The third-order valence-electron chi connectivity index (χ3n) is 3.13. The number of amides is 2. The van der Waals surface area contributed by atoms with Gasteiger partial charge in [0.2, 0.25) is 5.88 Å². The first-order chi connectivity index (χ1) is 12.4. The summed E-state index contributed by atoms with van der Waals surface area (Å²) in [5.41, 5.74) is 5.52. The van der Waals surface area contributed by atoms with Gasteiger partial charge in [0.1, 0.15) is 17.4 Å². The quantitative estimate of drug-likeness (QED) is 0.713. The molecule has 3 N–H and O–H groups in total. The summed E-state index contributed by atoms with van der Waals surface area (Å²) in [6, 6.07) is 8.67. The zero-order chi connectivity index (χ0) is 18.7. The lowest BCUT2D eigenvalue weighted by Gasteiger charge is -2.07.